The van der Waals surface area contributed by atoms with Gasteiger partial charge >= 0.3 is 5.97 Å². The molecule has 0 saturated carbocycles. The third kappa shape index (κ3) is 8.84. The van der Waals surface area contributed by atoms with Crippen molar-refractivity contribution in [1.82, 2.24) is 25.3 Å². The summed E-state index contributed by atoms with van der Waals surface area (Å²) in [5.41, 5.74) is 1.75. The van der Waals surface area contributed by atoms with Gasteiger partial charge in [-0.2, -0.15) is 11.8 Å². The van der Waals surface area contributed by atoms with Crippen LogP contribution in [0, 0.1) is 0 Å². The standard InChI is InChI=1S/C24H25FN6O7S3/c25-6-7-37-17-3-1-2-15(8-17)13-39-14-20(23(33)34)27-22(32)11-31-10-16(29-30-31)12-38-18-4-5-19-21(9-18)40-24(28-19)41(26,35)36/h1-5,8-10,20H,6-7,11-14H2,(H,27,32)(H,33,34)(H2,26,35,36)/t20-/m1/s1. The van der Waals surface area contributed by atoms with Crippen LogP contribution < -0.4 is 19.9 Å². The van der Waals surface area contributed by atoms with Crippen molar-refractivity contribution in [1.29, 1.82) is 0 Å². The highest BCUT2D eigenvalue weighted by Crippen LogP contribution is 2.28. The Kier molecular flexibility index (Phi) is 10.1. The topological polar surface area (TPSA) is 189 Å². The van der Waals surface area contributed by atoms with Crippen LogP contribution in [0.15, 0.2) is 53.0 Å². The van der Waals surface area contributed by atoms with E-state index in [1.807, 2.05) is 6.07 Å². The van der Waals surface area contributed by atoms with Crippen LogP contribution in [-0.4, -0.2) is 70.5 Å². The summed E-state index contributed by atoms with van der Waals surface area (Å²) in [7, 11) is -3.91. The number of sulfonamides is 1. The molecule has 0 radical (unpaired) electrons. The molecule has 17 heteroatoms. The molecule has 41 heavy (non-hydrogen) atoms. The maximum Gasteiger partial charge on any atom is 0.327 e. The number of aliphatic carboxylic acids is 1. The number of nitrogens with one attached hydrogen (secondary N) is 1. The van der Waals surface area contributed by atoms with Crippen molar-refractivity contribution in [3.8, 4) is 11.5 Å². The summed E-state index contributed by atoms with van der Waals surface area (Å²) in [6.45, 7) is -0.873. The van der Waals surface area contributed by atoms with Crippen molar-refractivity contribution in [2.45, 2.75) is 29.3 Å². The van der Waals surface area contributed by atoms with Gasteiger partial charge in [0.25, 0.3) is 10.0 Å². The van der Waals surface area contributed by atoms with Crippen molar-refractivity contribution >= 4 is 55.2 Å². The molecule has 0 unspecified atom stereocenters. The molecule has 13 nitrogen and oxygen atoms in total. The summed E-state index contributed by atoms with van der Waals surface area (Å²) >= 11 is 2.24. The van der Waals surface area contributed by atoms with E-state index in [-0.39, 0.29) is 29.9 Å². The zero-order valence-electron chi connectivity index (χ0n) is 21.3. The van der Waals surface area contributed by atoms with Crippen molar-refractivity contribution < 1.29 is 37.0 Å². The summed E-state index contributed by atoms with van der Waals surface area (Å²) in [6.07, 6.45) is 1.49. The zero-order valence-corrected chi connectivity index (χ0v) is 23.8. The van der Waals surface area contributed by atoms with E-state index in [1.54, 1.807) is 36.4 Å². The smallest absolute Gasteiger partial charge is 0.327 e. The van der Waals surface area contributed by atoms with Crippen LogP contribution in [0.1, 0.15) is 11.3 Å². The average Bonchev–Trinajstić information content (AvgIpc) is 3.57. The Hall–Kier alpha value is -3.80. The number of nitrogens with zero attached hydrogens (tertiary/aromatic N) is 4. The van der Waals surface area contributed by atoms with E-state index in [9.17, 15) is 27.5 Å². The zero-order chi connectivity index (χ0) is 29.4. The largest absolute Gasteiger partial charge is 0.491 e. The van der Waals surface area contributed by atoms with Gasteiger partial charge in [0, 0.05) is 11.5 Å². The SMILES string of the molecule is NS(=O)(=O)c1nc2ccc(OCc3cn(CC(=O)N[C@H](CSCc4cccc(OCCF)c4)C(=O)O)nn3)cc2s1. The molecule has 2 aromatic heterocycles. The number of aromatic nitrogens is 4. The molecule has 4 aromatic rings. The minimum absolute atomic E-state index is 0.0163. The predicted molar refractivity (Wildman–Crippen MR) is 149 cm³/mol. The summed E-state index contributed by atoms with van der Waals surface area (Å²) < 4.78 is 47.9. The number of halogens is 1. The van der Waals surface area contributed by atoms with Crippen LogP contribution in [0.3, 0.4) is 0 Å². The first-order chi connectivity index (χ1) is 19.6. The maximum absolute atomic E-state index is 12.5. The molecule has 0 fully saturated rings. The molecular formula is C24H25FN6O7S3. The molecule has 2 heterocycles. The van der Waals surface area contributed by atoms with Crippen LogP contribution in [-0.2, 0) is 38.5 Å². The van der Waals surface area contributed by atoms with Gasteiger partial charge in [-0.1, -0.05) is 17.3 Å². The molecule has 0 saturated heterocycles. The number of carboxylic acids is 1. The van der Waals surface area contributed by atoms with Crippen molar-refractivity contribution in [2.24, 2.45) is 5.14 Å². The molecule has 0 spiro atoms. The summed E-state index contributed by atoms with van der Waals surface area (Å²) in [5, 5.41) is 25.0. The highest BCUT2D eigenvalue weighted by Gasteiger charge is 2.21. The first-order valence-corrected chi connectivity index (χ1v) is 15.5. The molecule has 0 bridgehead atoms. The summed E-state index contributed by atoms with van der Waals surface area (Å²) in [4.78, 5) is 28.1. The number of amides is 1. The van der Waals surface area contributed by atoms with Crippen molar-refractivity contribution in [3.63, 3.8) is 0 Å². The number of alkyl halides is 1. The van der Waals surface area contributed by atoms with E-state index in [1.165, 1.54) is 22.6 Å². The number of carbonyl (C=O) groups excluding carboxylic acids is 1. The van der Waals surface area contributed by atoms with E-state index in [0.29, 0.717) is 33.2 Å². The molecule has 0 aliphatic rings. The Morgan fingerprint density at radius 2 is 2.00 bits per heavy atom. The maximum atomic E-state index is 12.5. The van der Waals surface area contributed by atoms with Gasteiger partial charge in [-0.15, -0.1) is 16.4 Å². The normalized spacial score (nSPS) is 12.2. The number of fused-ring (bicyclic) bond motifs is 1. The third-order valence-electron chi connectivity index (χ3n) is 5.29. The summed E-state index contributed by atoms with van der Waals surface area (Å²) in [6, 6.07) is 10.8. The fourth-order valence-electron chi connectivity index (χ4n) is 3.47. The number of hydrogen-bond donors (Lipinski definition) is 3. The van der Waals surface area contributed by atoms with Crippen molar-refractivity contribution in [3.05, 3.63) is 59.9 Å². The van der Waals surface area contributed by atoms with Gasteiger partial charge in [0.1, 0.15) is 49.7 Å². The van der Waals surface area contributed by atoms with Crippen LogP contribution >= 0.6 is 23.1 Å². The molecule has 4 N–H and O–H groups in total. The lowest BCUT2D eigenvalue weighted by Crippen LogP contribution is -2.44. The number of thiazole rings is 1. The molecule has 0 aliphatic carbocycles. The van der Waals surface area contributed by atoms with E-state index < -0.39 is 34.6 Å². The molecule has 218 valence electrons. The Morgan fingerprint density at radius 3 is 2.76 bits per heavy atom. The molecule has 1 amide bonds. The van der Waals surface area contributed by atoms with E-state index in [2.05, 4.69) is 20.6 Å². The lowest BCUT2D eigenvalue weighted by Gasteiger charge is -2.14. The number of rotatable bonds is 15. The van der Waals surface area contributed by atoms with Crippen molar-refractivity contribution in [2.75, 3.05) is 19.0 Å². The number of benzene rings is 2. The van der Waals surface area contributed by atoms with Crippen LogP contribution in [0.2, 0.25) is 0 Å². The third-order valence-corrected chi connectivity index (χ3v) is 8.74. The van der Waals surface area contributed by atoms with Gasteiger partial charge in [0.05, 0.1) is 16.4 Å². The first-order valence-electron chi connectivity index (χ1n) is 11.9. The van der Waals surface area contributed by atoms with Gasteiger partial charge < -0.3 is 19.9 Å². The molecule has 2 aromatic carbocycles. The van der Waals surface area contributed by atoms with Gasteiger partial charge in [0.2, 0.25) is 10.2 Å². The number of carboxylic acid groups (broad SMARTS) is 1. The Morgan fingerprint density at radius 1 is 1.20 bits per heavy atom. The minimum Gasteiger partial charge on any atom is -0.491 e. The predicted octanol–water partition coefficient (Wildman–Crippen LogP) is 1.97. The number of primary sulfonamides is 1. The van der Waals surface area contributed by atoms with Crippen LogP contribution in [0.4, 0.5) is 4.39 Å². The molecule has 1 atom stereocenters. The fourth-order valence-corrected chi connectivity index (χ4v) is 6.15. The first kappa shape index (κ1) is 30.2. The van der Waals surface area contributed by atoms with Gasteiger partial charge in [-0.25, -0.2) is 32.4 Å². The van der Waals surface area contributed by atoms with Crippen LogP contribution in [0.5, 0.6) is 11.5 Å². The lowest BCUT2D eigenvalue weighted by atomic mass is 10.2. The second-order valence-corrected chi connectivity index (χ2v) is 12.3. The quantitative estimate of drug-likeness (QED) is 0.175. The average molecular weight is 625 g/mol. The fraction of sp³-hybridized carbons (Fsp3) is 0.292. The highest BCUT2D eigenvalue weighted by molar-refractivity contribution is 7.98. The number of thioether (sulfide) groups is 1. The lowest BCUT2D eigenvalue weighted by molar-refractivity contribution is -0.141. The number of carbonyl (C=O) groups is 2. The van der Waals surface area contributed by atoms with E-state index in [0.717, 1.165) is 16.9 Å². The monoisotopic (exact) mass is 624 g/mol. The van der Waals surface area contributed by atoms with Gasteiger partial charge in [-0.05, 0) is 35.9 Å². The Labute approximate surface area is 241 Å². The Balaban J connectivity index is 1.25. The van der Waals surface area contributed by atoms with Gasteiger partial charge in [0.15, 0.2) is 0 Å². The van der Waals surface area contributed by atoms with Gasteiger partial charge in [-0.3, -0.25) is 4.79 Å². The molecule has 0 aliphatic heterocycles. The second-order valence-electron chi connectivity index (χ2n) is 8.51. The molecular weight excluding hydrogens is 599 g/mol. The van der Waals surface area contributed by atoms with Crippen LogP contribution in [0.25, 0.3) is 10.2 Å². The Bertz CT molecular complexity index is 1630. The second kappa shape index (κ2) is 13.7. The number of hydrogen-bond acceptors (Lipinski definition) is 11. The minimum atomic E-state index is -3.91. The van der Waals surface area contributed by atoms with E-state index >= 15 is 0 Å². The summed E-state index contributed by atoms with van der Waals surface area (Å²) in [5.74, 6) is -0.167. The highest BCUT2D eigenvalue weighted by atomic mass is 32.2. The molecule has 4 rings (SSSR count). The number of ether oxygens (including phenoxy) is 2. The number of nitrogens with two attached hydrogens (primary N) is 1. The van der Waals surface area contributed by atoms with E-state index in [4.69, 9.17) is 14.6 Å².